The molecule has 0 spiro atoms. The van der Waals surface area contributed by atoms with E-state index in [1.54, 1.807) is 0 Å². The van der Waals surface area contributed by atoms with E-state index in [0.29, 0.717) is 18.0 Å². The number of rotatable bonds is 6. The molecule has 0 radical (unpaired) electrons. The van der Waals surface area contributed by atoms with E-state index in [2.05, 4.69) is 9.69 Å². The highest BCUT2D eigenvalue weighted by atomic mass is 32.2. The Hall–Kier alpha value is -0.860. The summed E-state index contributed by atoms with van der Waals surface area (Å²) in [5.74, 6) is 0.0959. The van der Waals surface area contributed by atoms with Crippen LogP contribution in [0.5, 0.6) is 0 Å². The van der Waals surface area contributed by atoms with Crippen LogP contribution in [0.4, 0.5) is 10.8 Å². The van der Waals surface area contributed by atoms with E-state index in [-0.39, 0.29) is 16.5 Å². The van der Waals surface area contributed by atoms with Gasteiger partial charge in [-0.05, 0) is 30.8 Å². The Labute approximate surface area is 123 Å². The van der Waals surface area contributed by atoms with Crippen LogP contribution in [-0.2, 0) is 9.84 Å². The molecule has 1 saturated carbocycles. The molecule has 1 aromatic rings. The second-order valence-electron chi connectivity index (χ2n) is 5.33. The van der Waals surface area contributed by atoms with Crippen molar-refractivity contribution < 1.29 is 13.5 Å². The molecule has 1 aliphatic carbocycles. The Bertz CT molecular complexity index is 563. The lowest BCUT2D eigenvalue weighted by Crippen LogP contribution is -2.33. The summed E-state index contributed by atoms with van der Waals surface area (Å²) in [5.41, 5.74) is 4.95. The molecule has 0 atom stereocenters. The van der Waals surface area contributed by atoms with Crippen molar-refractivity contribution in [3.8, 4) is 0 Å². The Morgan fingerprint density at radius 2 is 2.10 bits per heavy atom. The Morgan fingerprint density at radius 3 is 2.70 bits per heavy atom. The van der Waals surface area contributed by atoms with Crippen LogP contribution >= 0.6 is 11.5 Å². The summed E-state index contributed by atoms with van der Waals surface area (Å²) in [6.07, 6.45) is 4.02. The summed E-state index contributed by atoms with van der Waals surface area (Å²) in [6, 6.07) is 0. The van der Waals surface area contributed by atoms with Gasteiger partial charge in [0.1, 0.15) is 9.90 Å². The molecule has 20 heavy (non-hydrogen) atoms. The predicted octanol–water partition coefficient (Wildman–Crippen LogP) is 1.63. The van der Waals surface area contributed by atoms with Crippen LogP contribution in [0.2, 0.25) is 0 Å². The minimum absolute atomic E-state index is 0.0457. The lowest BCUT2D eigenvalue weighted by atomic mass is 10.0. The average molecular weight is 319 g/mol. The third-order valence-electron chi connectivity index (χ3n) is 3.57. The summed E-state index contributed by atoms with van der Waals surface area (Å²) >= 11 is 1.03. The fourth-order valence-electron chi connectivity index (χ4n) is 2.53. The van der Waals surface area contributed by atoms with E-state index in [1.807, 2.05) is 6.92 Å². The summed E-state index contributed by atoms with van der Waals surface area (Å²) < 4.78 is 28.3. The van der Waals surface area contributed by atoms with Crippen LogP contribution in [0.3, 0.4) is 0 Å². The van der Waals surface area contributed by atoms with Crippen LogP contribution in [0, 0.1) is 0 Å². The highest BCUT2D eigenvalue weighted by Gasteiger charge is 2.32. The van der Waals surface area contributed by atoms with Crippen molar-refractivity contribution in [2.24, 2.45) is 0 Å². The van der Waals surface area contributed by atoms with Crippen LogP contribution < -0.4 is 11.1 Å². The maximum atomic E-state index is 12.2. The number of hydrogen-bond donors (Lipinski definition) is 3. The first-order valence-corrected chi connectivity index (χ1v) is 9.25. The molecule has 0 amide bonds. The maximum Gasteiger partial charge on any atom is 0.185 e. The zero-order valence-electron chi connectivity index (χ0n) is 11.6. The van der Waals surface area contributed by atoms with Gasteiger partial charge in [-0.15, -0.1) is 0 Å². The van der Waals surface area contributed by atoms with E-state index < -0.39 is 15.4 Å². The summed E-state index contributed by atoms with van der Waals surface area (Å²) in [7, 11) is -3.42. The lowest BCUT2D eigenvalue weighted by molar-refractivity contribution is 0.0615. The van der Waals surface area contributed by atoms with Gasteiger partial charge in [-0.25, -0.2) is 8.42 Å². The van der Waals surface area contributed by atoms with Crippen LogP contribution in [0.15, 0.2) is 4.90 Å². The van der Waals surface area contributed by atoms with Gasteiger partial charge in [-0.2, -0.15) is 4.37 Å². The topological polar surface area (TPSA) is 105 Å². The van der Waals surface area contributed by atoms with E-state index in [9.17, 15) is 13.5 Å². The molecule has 1 fully saturated rings. The van der Waals surface area contributed by atoms with Gasteiger partial charge in [0.05, 0.1) is 11.4 Å². The van der Waals surface area contributed by atoms with Gasteiger partial charge < -0.3 is 16.2 Å². The molecule has 0 bridgehead atoms. The number of aromatic nitrogens is 1. The average Bonchev–Trinajstić information content (AvgIpc) is 2.94. The Balaban J connectivity index is 2.17. The molecule has 1 aliphatic rings. The van der Waals surface area contributed by atoms with Crippen molar-refractivity contribution in [2.45, 2.75) is 49.5 Å². The number of sulfone groups is 1. The zero-order chi connectivity index (χ0) is 14.8. The molecule has 2 rings (SSSR count). The minimum Gasteiger partial charge on any atom is -0.388 e. The molecular formula is C12H21N3O3S2. The fourth-order valence-corrected chi connectivity index (χ4v) is 5.15. The Morgan fingerprint density at radius 1 is 1.45 bits per heavy atom. The number of nitrogens with zero attached hydrogens (tertiary/aromatic N) is 1. The molecule has 0 aromatic carbocycles. The number of aliphatic hydroxyl groups is 1. The van der Waals surface area contributed by atoms with E-state index in [0.717, 1.165) is 37.2 Å². The van der Waals surface area contributed by atoms with Gasteiger partial charge in [-0.3, -0.25) is 0 Å². The van der Waals surface area contributed by atoms with Crippen LogP contribution in [-0.4, -0.2) is 35.8 Å². The molecule has 114 valence electrons. The zero-order valence-corrected chi connectivity index (χ0v) is 13.2. The molecule has 4 N–H and O–H groups in total. The maximum absolute atomic E-state index is 12.2. The van der Waals surface area contributed by atoms with Crippen molar-refractivity contribution in [1.29, 1.82) is 0 Å². The predicted molar refractivity (Wildman–Crippen MR) is 80.8 cm³/mol. The molecule has 0 unspecified atom stereocenters. The van der Waals surface area contributed by atoms with Crippen molar-refractivity contribution in [2.75, 3.05) is 23.3 Å². The molecule has 8 heteroatoms. The van der Waals surface area contributed by atoms with Gasteiger partial charge >= 0.3 is 0 Å². The van der Waals surface area contributed by atoms with Gasteiger partial charge in [0.25, 0.3) is 0 Å². The van der Waals surface area contributed by atoms with Crippen LogP contribution in [0.25, 0.3) is 0 Å². The van der Waals surface area contributed by atoms with E-state index in [1.165, 1.54) is 0 Å². The molecule has 0 aliphatic heterocycles. The van der Waals surface area contributed by atoms with E-state index >= 15 is 0 Å². The molecule has 6 nitrogen and oxygen atoms in total. The summed E-state index contributed by atoms with van der Waals surface area (Å²) in [6.45, 7) is 2.14. The molecule has 1 aromatic heterocycles. The normalized spacial score (nSPS) is 18.3. The van der Waals surface area contributed by atoms with Crippen molar-refractivity contribution in [3.05, 3.63) is 0 Å². The second-order valence-corrected chi connectivity index (χ2v) is 8.15. The molecule has 0 saturated heterocycles. The highest BCUT2D eigenvalue weighted by Crippen LogP contribution is 2.35. The standard InChI is InChI=1S/C12H21N3O3S2/c1-2-7-20(17,18)9-10(13)15-19-11(9)14-8-12(16)5-3-4-6-12/h14,16H,2-8H2,1H3,(H2,13,15). The van der Waals surface area contributed by atoms with Crippen molar-refractivity contribution >= 4 is 32.2 Å². The van der Waals surface area contributed by atoms with Crippen molar-refractivity contribution in [1.82, 2.24) is 4.37 Å². The second kappa shape index (κ2) is 5.87. The monoisotopic (exact) mass is 319 g/mol. The largest absolute Gasteiger partial charge is 0.388 e. The minimum atomic E-state index is -3.42. The number of nitrogens with two attached hydrogens (primary N) is 1. The van der Waals surface area contributed by atoms with E-state index in [4.69, 9.17) is 5.73 Å². The summed E-state index contributed by atoms with van der Waals surface area (Å²) in [4.78, 5) is 0.0888. The number of nitrogen functional groups attached to an aromatic ring is 1. The van der Waals surface area contributed by atoms with Gasteiger partial charge in [0.15, 0.2) is 15.7 Å². The van der Waals surface area contributed by atoms with Gasteiger partial charge in [0, 0.05) is 6.54 Å². The SMILES string of the molecule is CCCS(=O)(=O)c1c(N)nsc1NCC1(O)CCCC1. The fraction of sp³-hybridized carbons (Fsp3) is 0.750. The highest BCUT2D eigenvalue weighted by molar-refractivity contribution is 7.91. The third-order valence-corrected chi connectivity index (χ3v) is 6.50. The Kier molecular flexibility index (Phi) is 4.55. The van der Waals surface area contributed by atoms with Crippen LogP contribution in [0.1, 0.15) is 39.0 Å². The first-order chi connectivity index (χ1) is 9.38. The third kappa shape index (κ3) is 3.24. The van der Waals surface area contributed by atoms with Gasteiger partial charge in [0.2, 0.25) is 0 Å². The summed E-state index contributed by atoms with van der Waals surface area (Å²) in [5, 5.41) is 13.8. The first-order valence-electron chi connectivity index (χ1n) is 6.82. The van der Waals surface area contributed by atoms with Crippen molar-refractivity contribution in [3.63, 3.8) is 0 Å². The molecular weight excluding hydrogens is 298 g/mol. The first kappa shape index (κ1) is 15.5. The number of hydrogen-bond acceptors (Lipinski definition) is 7. The smallest absolute Gasteiger partial charge is 0.185 e. The molecule has 1 heterocycles. The number of anilines is 2. The quantitative estimate of drug-likeness (QED) is 0.736. The van der Waals surface area contributed by atoms with Gasteiger partial charge in [-0.1, -0.05) is 19.8 Å². The number of nitrogens with one attached hydrogen (secondary N) is 1. The lowest BCUT2D eigenvalue weighted by Gasteiger charge is -2.22.